The maximum absolute atomic E-state index is 13.3. The molecule has 2 saturated heterocycles. The van der Waals surface area contributed by atoms with E-state index in [4.69, 9.17) is 42.0 Å². The van der Waals surface area contributed by atoms with Crippen molar-refractivity contribution in [1.29, 1.82) is 0 Å². The topological polar surface area (TPSA) is 246 Å². The van der Waals surface area contributed by atoms with Crippen LogP contribution < -0.4 is 30.2 Å². The summed E-state index contributed by atoms with van der Waals surface area (Å²) >= 11 is 0. The van der Waals surface area contributed by atoms with Crippen LogP contribution in [0.5, 0.6) is 23.0 Å². The Morgan fingerprint density at radius 3 is 1.74 bits per heavy atom. The lowest BCUT2D eigenvalue weighted by Gasteiger charge is -2.42. The number of hydrogen-bond acceptors (Lipinski definition) is 17. The van der Waals surface area contributed by atoms with Gasteiger partial charge in [0, 0.05) is 10.8 Å². The van der Waals surface area contributed by atoms with Crippen LogP contribution in [0, 0.1) is 0 Å². The normalized spacial score (nSPS) is 31.9. The summed E-state index contributed by atoms with van der Waals surface area (Å²) in [5.74, 6) is -0.267. The van der Waals surface area contributed by atoms with Crippen molar-refractivity contribution in [3.8, 4) is 23.0 Å². The smallest absolute Gasteiger partial charge is 0.344 e. The predicted octanol–water partition coefficient (Wildman–Crippen LogP) is -1.45. The second kappa shape index (κ2) is 12.1. The minimum Gasteiger partial charge on any atom is -0.493 e. The lowest BCUT2D eigenvalue weighted by Crippen LogP contribution is -2.61. The molecule has 2 fully saturated rings. The Bertz CT molecular complexity index is 1850. The van der Waals surface area contributed by atoms with Gasteiger partial charge in [-0.3, -0.25) is 0 Å². The summed E-state index contributed by atoms with van der Waals surface area (Å²) in [7, 11) is 3.92. The quantitative estimate of drug-likeness (QED) is 0.0941. The van der Waals surface area contributed by atoms with Crippen LogP contribution in [-0.4, -0.2) is 120 Å². The van der Waals surface area contributed by atoms with Gasteiger partial charge in [0.15, 0.2) is 29.0 Å². The molecule has 2 aliphatic heterocycles. The van der Waals surface area contributed by atoms with Gasteiger partial charge in [-0.2, -0.15) is 0 Å². The fraction of sp³-hybridized carbons (Fsp3) is 0.517. The SMILES string of the molecule is COc1cc2c(=O)oc3c(OC)c(OC4OC(COC5OC(C)C(O)C(O)C5O)C(O)C(O)C4O)cc4c(=O)oc(c1OC)c2c34. The van der Waals surface area contributed by atoms with E-state index in [1.165, 1.54) is 40.4 Å². The van der Waals surface area contributed by atoms with Gasteiger partial charge in [-0.25, -0.2) is 9.59 Å². The Morgan fingerprint density at radius 2 is 1.17 bits per heavy atom. The molecule has 17 heteroatoms. The molecule has 4 heterocycles. The summed E-state index contributed by atoms with van der Waals surface area (Å²) in [6.45, 7) is 0.911. The molecule has 4 aromatic rings. The van der Waals surface area contributed by atoms with E-state index in [2.05, 4.69) is 0 Å². The molecule has 46 heavy (non-hydrogen) atoms. The van der Waals surface area contributed by atoms with Gasteiger partial charge in [-0.1, -0.05) is 0 Å². The molecule has 0 spiro atoms. The molecule has 2 aromatic carbocycles. The molecule has 0 bridgehead atoms. The minimum atomic E-state index is -1.85. The molecule has 10 unspecified atom stereocenters. The van der Waals surface area contributed by atoms with Crippen molar-refractivity contribution in [2.24, 2.45) is 0 Å². The molecule has 0 aliphatic carbocycles. The number of aliphatic hydroxyl groups is 6. The number of aliphatic hydroxyl groups excluding tert-OH is 6. The molecule has 17 nitrogen and oxygen atoms in total. The highest BCUT2D eigenvalue weighted by molar-refractivity contribution is 6.22. The third kappa shape index (κ3) is 5.00. The second-order valence-electron chi connectivity index (χ2n) is 10.9. The molecule has 2 aromatic heterocycles. The standard InChI is InChI=1S/C29H32O17/c1-8-16(30)18(32)20(34)28(42-8)41-7-13-17(31)19(33)21(35)29(44-13)43-12-6-10-15-14-9(26(36)46-25(15)23(12)40-4)5-11(38-2)22(39-3)24(14)45-27(10)37/h5-6,8,13,16-21,28-35H,7H2,1-4H3. The largest absolute Gasteiger partial charge is 0.493 e. The number of rotatable bonds is 8. The van der Waals surface area contributed by atoms with Gasteiger partial charge in [0.1, 0.15) is 42.7 Å². The van der Waals surface area contributed by atoms with Crippen LogP contribution in [-0.2, 0) is 14.2 Å². The number of methoxy groups -OCH3 is 3. The van der Waals surface area contributed by atoms with E-state index < -0.39 is 79.3 Å². The van der Waals surface area contributed by atoms with Crippen molar-refractivity contribution in [2.45, 2.75) is 68.3 Å². The van der Waals surface area contributed by atoms with Crippen LogP contribution in [0.25, 0.3) is 32.7 Å². The Labute approximate surface area is 257 Å². The lowest BCUT2D eigenvalue weighted by atomic mass is 9.98. The molecule has 0 radical (unpaired) electrons. The summed E-state index contributed by atoms with van der Waals surface area (Å²) in [4.78, 5) is 26.4. The Balaban J connectivity index is 1.37. The van der Waals surface area contributed by atoms with E-state index in [0.29, 0.717) is 0 Å². The minimum absolute atomic E-state index is 0.0269. The van der Waals surface area contributed by atoms with Gasteiger partial charge in [0.2, 0.25) is 17.8 Å². The summed E-state index contributed by atoms with van der Waals surface area (Å²) in [6.07, 6.45) is -15.5. The fourth-order valence-corrected chi connectivity index (χ4v) is 5.78. The zero-order valence-electron chi connectivity index (χ0n) is 24.8. The van der Waals surface area contributed by atoms with Crippen LogP contribution in [0.15, 0.2) is 30.6 Å². The van der Waals surface area contributed by atoms with Crippen molar-refractivity contribution in [2.75, 3.05) is 27.9 Å². The van der Waals surface area contributed by atoms with Crippen molar-refractivity contribution in [3.63, 3.8) is 0 Å². The first-order chi connectivity index (χ1) is 21.9. The average molecular weight is 653 g/mol. The zero-order chi connectivity index (χ0) is 33.2. The number of hydrogen-bond donors (Lipinski definition) is 6. The van der Waals surface area contributed by atoms with Crippen LogP contribution in [0.2, 0.25) is 0 Å². The number of ether oxygens (including phenoxy) is 7. The van der Waals surface area contributed by atoms with Crippen LogP contribution in [0.1, 0.15) is 6.92 Å². The molecule has 250 valence electrons. The van der Waals surface area contributed by atoms with Gasteiger partial charge < -0.3 is 72.6 Å². The highest BCUT2D eigenvalue weighted by Crippen LogP contribution is 2.46. The summed E-state index contributed by atoms with van der Waals surface area (Å²) in [5.41, 5.74) is -2.00. The van der Waals surface area contributed by atoms with E-state index in [0.717, 1.165) is 0 Å². The molecule has 0 saturated carbocycles. The molecule has 2 aliphatic rings. The van der Waals surface area contributed by atoms with E-state index in [9.17, 15) is 40.2 Å². The summed E-state index contributed by atoms with van der Waals surface area (Å²) < 4.78 is 49.8. The maximum Gasteiger partial charge on any atom is 0.344 e. The summed E-state index contributed by atoms with van der Waals surface area (Å²) in [5, 5.41) is 62.4. The lowest BCUT2D eigenvalue weighted by molar-refractivity contribution is -0.318. The first kappa shape index (κ1) is 32.2. The van der Waals surface area contributed by atoms with Crippen molar-refractivity contribution < 1.29 is 72.6 Å². The number of benzene rings is 2. The van der Waals surface area contributed by atoms with E-state index in [-0.39, 0.29) is 55.7 Å². The Morgan fingerprint density at radius 1 is 0.652 bits per heavy atom. The fourth-order valence-electron chi connectivity index (χ4n) is 5.78. The van der Waals surface area contributed by atoms with Gasteiger partial charge in [0.05, 0.1) is 44.8 Å². The molecular weight excluding hydrogens is 620 g/mol. The van der Waals surface area contributed by atoms with Crippen molar-refractivity contribution in [1.82, 2.24) is 0 Å². The first-order valence-corrected chi connectivity index (χ1v) is 14.1. The average Bonchev–Trinajstić information content (AvgIpc) is 3.04. The summed E-state index contributed by atoms with van der Waals surface area (Å²) in [6, 6.07) is 2.59. The second-order valence-corrected chi connectivity index (χ2v) is 10.9. The Hall–Kier alpha value is -3.78. The maximum atomic E-state index is 13.3. The Kier molecular flexibility index (Phi) is 8.47. The highest BCUT2D eigenvalue weighted by atomic mass is 16.7. The third-order valence-electron chi connectivity index (χ3n) is 8.26. The molecular formula is C29H32O17. The monoisotopic (exact) mass is 652 g/mol. The molecule has 6 N–H and O–H groups in total. The van der Waals surface area contributed by atoms with Crippen molar-refractivity contribution in [3.05, 3.63) is 33.0 Å². The zero-order valence-corrected chi connectivity index (χ0v) is 24.8. The molecule has 0 amide bonds. The van der Waals surface area contributed by atoms with Crippen molar-refractivity contribution >= 4 is 32.7 Å². The third-order valence-corrected chi connectivity index (χ3v) is 8.26. The van der Waals surface area contributed by atoms with Gasteiger partial charge in [-0.15, -0.1) is 0 Å². The van der Waals surface area contributed by atoms with E-state index >= 15 is 0 Å². The van der Waals surface area contributed by atoms with Gasteiger partial charge in [0.25, 0.3) is 0 Å². The van der Waals surface area contributed by atoms with Gasteiger partial charge >= 0.3 is 11.3 Å². The van der Waals surface area contributed by atoms with Crippen LogP contribution >= 0.6 is 0 Å². The van der Waals surface area contributed by atoms with Crippen LogP contribution in [0.4, 0.5) is 0 Å². The molecule has 6 rings (SSSR count). The highest BCUT2D eigenvalue weighted by Gasteiger charge is 2.47. The van der Waals surface area contributed by atoms with E-state index in [1.54, 1.807) is 0 Å². The van der Waals surface area contributed by atoms with Gasteiger partial charge in [-0.05, 0) is 19.1 Å². The predicted molar refractivity (Wildman–Crippen MR) is 152 cm³/mol. The first-order valence-electron chi connectivity index (χ1n) is 14.1. The van der Waals surface area contributed by atoms with Crippen LogP contribution in [0.3, 0.4) is 0 Å². The van der Waals surface area contributed by atoms with E-state index in [1.807, 2.05) is 0 Å². The molecule has 10 atom stereocenters.